The van der Waals surface area contributed by atoms with E-state index < -0.39 is 0 Å². The van der Waals surface area contributed by atoms with Crippen LogP contribution in [0.3, 0.4) is 0 Å². The number of rotatable bonds is 5. The fraction of sp³-hybridized carbons (Fsp3) is 0.625. The highest BCUT2D eigenvalue weighted by atomic mass is 15.0. The third-order valence-electron chi connectivity index (χ3n) is 4.84. The monoisotopic (exact) mass is 244 g/mol. The first kappa shape index (κ1) is 12.2. The maximum Gasteiger partial charge on any atom is 0.0385 e. The lowest BCUT2D eigenvalue weighted by Gasteiger charge is -2.32. The van der Waals surface area contributed by atoms with Gasteiger partial charge in [-0.3, -0.25) is 0 Å². The van der Waals surface area contributed by atoms with Gasteiger partial charge in [0.25, 0.3) is 0 Å². The second-order valence-electron chi connectivity index (χ2n) is 6.12. The van der Waals surface area contributed by atoms with Gasteiger partial charge in [0, 0.05) is 12.1 Å². The molecular weight excluding hydrogens is 220 g/mol. The molecular formula is C16H24N2. The lowest BCUT2D eigenvalue weighted by Crippen LogP contribution is -2.52. The van der Waals surface area contributed by atoms with Crippen molar-refractivity contribution in [2.24, 2.45) is 11.7 Å². The van der Waals surface area contributed by atoms with Gasteiger partial charge in [-0.25, -0.2) is 0 Å². The maximum atomic E-state index is 6.05. The zero-order valence-corrected chi connectivity index (χ0v) is 11.1. The second-order valence-corrected chi connectivity index (χ2v) is 6.12. The predicted octanol–water partition coefficient (Wildman–Crippen LogP) is 2.26. The molecule has 3 rings (SSSR count). The summed E-state index contributed by atoms with van der Waals surface area (Å²) < 4.78 is 0. The molecule has 1 fully saturated rings. The lowest BCUT2D eigenvalue weighted by atomic mass is 9.83. The number of fused-ring (bicyclic) bond motifs is 1. The van der Waals surface area contributed by atoms with Crippen molar-refractivity contribution in [3.05, 3.63) is 35.4 Å². The fourth-order valence-corrected chi connectivity index (χ4v) is 3.36. The van der Waals surface area contributed by atoms with E-state index in [1.807, 2.05) is 0 Å². The number of nitrogens with two attached hydrogens (primary N) is 1. The van der Waals surface area contributed by atoms with Gasteiger partial charge < -0.3 is 11.1 Å². The Bertz CT molecular complexity index is 384. The number of benzene rings is 1. The van der Waals surface area contributed by atoms with Gasteiger partial charge in [0.05, 0.1) is 0 Å². The molecule has 0 atom stereocenters. The summed E-state index contributed by atoms with van der Waals surface area (Å²) in [4.78, 5) is 0. The van der Waals surface area contributed by atoms with Crippen LogP contribution in [0.5, 0.6) is 0 Å². The quantitative estimate of drug-likeness (QED) is 0.834. The minimum atomic E-state index is 0.132. The van der Waals surface area contributed by atoms with Crippen LogP contribution in [0, 0.1) is 5.92 Å². The van der Waals surface area contributed by atoms with E-state index in [4.69, 9.17) is 5.73 Å². The number of hydrogen-bond donors (Lipinski definition) is 2. The van der Waals surface area contributed by atoms with E-state index in [1.54, 1.807) is 0 Å². The van der Waals surface area contributed by atoms with Crippen molar-refractivity contribution in [2.45, 2.75) is 44.1 Å². The van der Waals surface area contributed by atoms with Crippen molar-refractivity contribution in [1.82, 2.24) is 5.32 Å². The molecule has 0 spiro atoms. The Morgan fingerprint density at radius 3 is 2.33 bits per heavy atom. The molecule has 0 aromatic heterocycles. The minimum Gasteiger partial charge on any atom is -0.329 e. The van der Waals surface area contributed by atoms with Gasteiger partial charge in [-0.2, -0.15) is 0 Å². The van der Waals surface area contributed by atoms with Crippen LogP contribution in [0.1, 0.15) is 36.8 Å². The van der Waals surface area contributed by atoms with Gasteiger partial charge in [-0.05, 0) is 42.9 Å². The zero-order valence-electron chi connectivity index (χ0n) is 11.1. The molecule has 0 heterocycles. The molecule has 0 radical (unpaired) electrons. The van der Waals surface area contributed by atoms with Crippen LogP contribution in [0.4, 0.5) is 0 Å². The molecule has 2 aliphatic carbocycles. The lowest BCUT2D eigenvalue weighted by molar-refractivity contribution is 0.267. The van der Waals surface area contributed by atoms with Crippen LogP contribution in [0.2, 0.25) is 0 Å². The SMILES string of the molecule is NCC1(NCCC2CCC2)Cc2ccccc2C1. The molecule has 0 bridgehead atoms. The smallest absolute Gasteiger partial charge is 0.0385 e. The van der Waals surface area contributed by atoms with Crippen LogP contribution in [-0.4, -0.2) is 18.6 Å². The molecule has 0 saturated heterocycles. The zero-order chi connectivity index (χ0) is 12.4. The summed E-state index contributed by atoms with van der Waals surface area (Å²) in [6, 6.07) is 8.78. The Kier molecular flexibility index (Phi) is 3.40. The molecule has 0 aliphatic heterocycles. The van der Waals surface area contributed by atoms with E-state index in [0.717, 1.165) is 31.8 Å². The number of hydrogen-bond acceptors (Lipinski definition) is 2. The molecule has 98 valence electrons. The van der Waals surface area contributed by atoms with Crippen LogP contribution in [0.15, 0.2) is 24.3 Å². The summed E-state index contributed by atoms with van der Waals surface area (Å²) in [6.45, 7) is 1.88. The first-order valence-corrected chi connectivity index (χ1v) is 7.33. The van der Waals surface area contributed by atoms with Gasteiger partial charge in [-0.1, -0.05) is 43.5 Å². The topological polar surface area (TPSA) is 38.0 Å². The highest BCUT2D eigenvalue weighted by molar-refractivity contribution is 5.36. The van der Waals surface area contributed by atoms with Crippen molar-refractivity contribution < 1.29 is 0 Å². The first-order chi connectivity index (χ1) is 8.81. The van der Waals surface area contributed by atoms with Crippen molar-refractivity contribution in [1.29, 1.82) is 0 Å². The molecule has 2 heteroatoms. The van der Waals surface area contributed by atoms with Crippen LogP contribution < -0.4 is 11.1 Å². The van der Waals surface area contributed by atoms with E-state index in [9.17, 15) is 0 Å². The summed E-state index contributed by atoms with van der Waals surface area (Å²) in [6.07, 6.45) is 7.86. The van der Waals surface area contributed by atoms with Crippen molar-refractivity contribution in [2.75, 3.05) is 13.1 Å². The Morgan fingerprint density at radius 1 is 1.17 bits per heavy atom. The highest BCUT2D eigenvalue weighted by Gasteiger charge is 2.35. The van der Waals surface area contributed by atoms with Gasteiger partial charge in [0.2, 0.25) is 0 Å². The first-order valence-electron chi connectivity index (χ1n) is 7.33. The normalized spacial score (nSPS) is 21.6. The third-order valence-corrected chi connectivity index (χ3v) is 4.84. The molecule has 18 heavy (non-hydrogen) atoms. The summed E-state index contributed by atoms with van der Waals surface area (Å²) in [5, 5.41) is 3.77. The highest BCUT2D eigenvalue weighted by Crippen LogP contribution is 2.31. The third kappa shape index (κ3) is 2.32. The van der Waals surface area contributed by atoms with Crippen molar-refractivity contribution >= 4 is 0 Å². The van der Waals surface area contributed by atoms with Crippen LogP contribution in [0.25, 0.3) is 0 Å². The summed E-state index contributed by atoms with van der Waals surface area (Å²) in [7, 11) is 0. The summed E-state index contributed by atoms with van der Waals surface area (Å²) in [5.41, 5.74) is 9.15. The molecule has 2 nitrogen and oxygen atoms in total. The largest absolute Gasteiger partial charge is 0.329 e. The summed E-state index contributed by atoms with van der Waals surface area (Å²) >= 11 is 0. The fourth-order valence-electron chi connectivity index (χ4n) is 3.36. The van der Waals surface area contributed by atoms with E-state index in [2.05, 4.69) is 29.6 Å². The molecule has 3 N–H and O–H groups in total. The van der Waals surface area contributed by atoms with E-state index >= 15 is 0 Å². The average Bonchev–Trinajstić information content (AvgIpc) is 2.71. The molecule has 1 aromatic rings. The van der Waals surface area contributed by atoms with Crippen molar-refractivity contribution in [3.8, 4) is 0 Å². The van der Waals surface area contributed by atoms with Gasteiger partial charge in [-0.15, -0.1) is 0 Å². The molecule has 0 unspecified atom stereocenters. The van der Waals surface area contributed by atoms with Crippen LogP contribution >= 0.6 is 0 Å². The average molecular weight is 244 g/mol. The molecule has 1 aromatic carbocycles. The molecule has 0 amide bonds. The van der Waals surface area contributed by atoms with Gasteiger partial charge in [0.15, 0.2) is 0 Å². The van der Waals surface area contributed by atoms with E-state index in [-0.39, 0.29) is 5.54 Å². The Morgan fingerprint density at radius 2 is 1.83 bits per heavy atom. The maximum absolute atomic E-state index is 6.05. The Labute approximate surface area is 110 Å². The van der Waals surface area contributed by atoms with Gasteiger partial charge in [0.1, 0.15) is 0 Å². The Balaban J connectivity index is 1.58. The van der Waals surface area contributed by atoms with Gasteiger partial charge >= 0.3 is 0 Å². The standard InChI is InChI=1S/C16H24N2/c17-12-16(18-9-8-13-4-3-5-13)10-14-6-1-2-7-15(14)11-16/h1-2,6-7,13,18H,3-5,8-12,17H2. The minimum absolute atomic E-state index is 0.132. The summed E-state index contributed by atoms with van der Waals surface area (Å²) in [5.74, 6) is 0.983. The molecule has 2 aliphatic rings. The van der Waals surface area contributed by atoms with E-state index in [1.165, 1.54) is 36.8 Å². The van der Waals surface area contributed by atoms with E-state index in [0.29, 0.717) is 0 Å². The Hall–Kier alpha value is -0.860. The van der Waals surface area contributed by atoms with Crippen molar-refractivity contribution in [3.63, 3.8) is 0 Å². The van der Waals surface area contributed by atoms with Crippen LogP contribution in [-0.2, 0) is 12.8 Å². The predicted molar refractivity (Wildman–Crippen MR) is 75.6 cm³/mol. The molecule has 1 saturated carbocycles. The number of nitrogens with one attached hydrogen (secondary N) is 1. The second kappa shape index (κ2) is 5.02.